The van der Waals surface area contributed by atoms with Gasteiger partial charge in [-0.25, -0.2) is 8.42 Å². The molecule has 2 N–H and O–H groups in total. The number of nitrogens with zero attached hydrogens (tertiary/aromatic N) is 1. The molecule has 1 saturated carbocycles. The minimum Gasteiger partial charge on any atom is -0.383 e. The number of carbonyl (C=O) groups is 1. The van der Waals surface area contributed by atoms with E-state index < -0.39 is 10.0 Å². The van der Waals surface area contributed by atoms with Crippen molar-refractivity contribution in [2.45, 2.75) is 43.0 Å². The lowest BCUT2D eigenvalue weighted by atomic mass is 9.96. The Kier molecular flexibility index (Phi) is 8.69. The van der Waals surface area contributed by atoms with Crippen molar-refractivity contribution in [1.29, 1.82) is 0 Å². The summed E-state index contributed by atoms with van der Waals surface area (Å²) in [6.07, 6.45) is 5.08. The van der Waals surface area contributed by atoms with E-state index in [0.717, 1.165) is 25.7 Å². The summed E-state index contributed by atoms with van der Waals surface area (Å²) in [4.78, 5) is 12.5. The van der Waals surface area contributed by atoms with Crippen LogP contribution >= 0.6 is 0 Å². The van der Waals surface area contributed by atoms with Crippen LogP contribution in [0.25, 0.3) is 0 Å². The number of methoxy groups -OCH3 is 1. The fraction of sp³-hybridized carbons (Fsp3) is 0.632. The predicted molar refractivity (Wildman–Crippen MR) is 105 cm³/mol. The molecule has 0 radical (unpaired) electrons. The minimum absolute atomic E-state index is 0.0411. The van der Waals surface area contributed by atoms with Crippen molar-refractivity contribution >= 4 is 15.9 Å². The zero-order chi connectivity index (χ0) is 19.7. The molecule has 0 saturated heterocycles. The van der Waals surface area contributed by atoms with Crippen LogP contribution in [0.15, 0.2) is 29.2 Å². The van der Waals surface area contributed by atoms with Gasteiger partial charge < -0.3 is 15.4 Å². The van der Waals surface area contributed by atoms with Crippen molar-refractivity contribution in [3.8, 4) is 0 Å². The first-order valence-corrected chi connectivity index (χ1v) is 11.0. The number of ether oxygens (including phenoxy) is 1. The predicted octanol–water partition coefficient (Wildman–Crippen LogP) is 1.61. The minimum atomic E-state index is -3.60. The molecule has 0 spiro atoms. The Balaban J connectivity index is 1.97. The number of sulfonamides is 1. The molecular formula is C19H31N3O4S. The van der Waals surface area contributed by atoms with E-state index >= 15 is 0 Å². The summed E-state index contributed by atoms with van der Waals surface area (Å²) in [5.41, 5.74) is 0.352. The van der Waals surface area contributed by atoms with E-state index in [0.29, 0.717) is 31.8 Å². The van der Waals surface area contributed by atoms with Crippen molar-refractivity contribution in [1.82, 2.24) is 14.9 Å². The summed E-state index contributed by atoms with van der Waals surface area (Å²) < 4.78 is 32.3. The zero-order valence-electron chi connectivity index (χ0n) is 16.2. The molecule has 0 aromatic heterocycles. The normalized spacial score (nSPS) is 15.8. The molecule has 1 amide bonds. The van der Waals surface area contributed by atoms with E-state index in [9.17, 15) is 13.2 Å². The van der Waals surface area contributed by atoms with Gasteiger partial charge in [0.25, 0.3) is 5.91 Å². The Hall–Kier alpha value is -1.48. The Morgan fingerprint density at radius 3 is 2.63 bits per heavy atom. The number of amides is 1. The van der Waals surface area contributed by atoms with Gasteiger partial charge in [0.1, 0.15) is 0 Å². The molecule has 0 bridgehead atoms. The van der Waals surface area contributed by atoms with Gasteiger partial charge in [0.2, 0.25) is 10.0 Å². The van der Waals surface area contributed by atoms with Crippen molar-refractivity contribution in [3.05, 3.63) is 29.8 Å². The molecule has 8 heteroatoms. The van der Waals surface area contributed by atoms with Gasteiger partial charge in [-0.2, -0.15) is 4.31 Å². The van der Waals surface area contributed by atoms with Crippen LogP contribution in [0, 0.1) is 0 Å². The monoisotopic (exact) mass is 397 g/mol. The Morgan fingerprint density at radius 2 is 1.93 bits per heavy atom. The highest BCUT2D eigenvalue weighted by Gasteiger charge is 2.29. The Bertz CT molecular complexity index is 703. The van der Waals surface area contributed by atoms with Gasteiger partial charge >= 0.3 is 0 Å². The third kappa shape index (κ3) is 6.27. The summed E-state index contributed by atoms with van der Waals surface area (Å²) in [7, 11) is -0.325. The lowest BCUT2D eigenvalue weighted by Crippen LogP contribution is -2.38. The molecule has 1 fully saturated rings. The van der Waals surface area contributed by atoms with E-state index in [1.807, 2.05) is 0 Å². The third-order valence-corrected chi connectivity index (χ3v) is 6.84. The standard InChI is InChI=1S/C19H31N3O4S/c1-22(17-8-4-3-5-9-17)27(24,25)18-10-6-7-16(15-18)19(23)21-12-11-20-13-14-26-2/h6-7,10,15,17,20H,3-5,8-9,11-14H2,1-2H3,(H,21,23). The Morgan fingerprint density at radius 1 is 1.19 bits per heavy atom. The first kappa shape index (κ1) is 21.8. The average Bonchev–Trinajstić information content (AvgIpc) is 2.70. The van der Waals surface area contributed by atoms with Gasteiger partial charge in [0.15, 0.2) is 0 Å². The maximum atomic E-state index is 12.9. The van der Waals surface area contributed by atoms with E-state index in [-0.39, 0.29) is 16.8 Å². The number of benzene rings is 1. The molecule has 27 heavy (non-hydrogen) atoms. The first-order chi connectivity index (χ1) is 13.0. The summed E-state index contributed by atoms with van der Waals surface area (Å²) in [5, 5.41) is 5.93. The Labute approximate surface area is 162 Å². The largest absolute Gasteiger partial charge is 0.383 e. The maximum absolute atomic E-state index is 12.9. The van der Waals surface area contributed by atoms with E-state index in [4.69, 9.17) is 4.74 Å². The van der Waals surface area contributed by atoms with Gasteiger partial charge in [-0.05, 0) is 31.0 Å². The van der Waals surface area contributed by atoms with Crippen LogP contribution in [0.1, 0.15) is 42.5 Å². The SMILES string of the molecule is COCCNCCNC(=O)c1cccc(S(=O)(=O)N(C)C2CCCCC2)c1. The first-order valence-electron chi connectivity index (χ1n) is 9.53. The summed E-state index contributed by atoms with van der Waals surface area (Å²) in [6, 6.07) is 6.31. The second kappa shape index (κ2) is 10.8. The van der Waals surface area contributed by atoms with Crippen LogP contribution in [-0.2, 0) is 14.8 Å². The maximum Gasteiger partial charge on any atom is 0.251 e. The molecule has 0 unspecified atom stereocenters. The highest BCUT2D eigenvalue weighted by atomic mass is 32.2. The lowest BCUT2D eigenvalue weighted by Gasteiger charge is -2.30. The third-order valence-electron chi connectivity index (χ3n) is 4.93. The zero-order valence-corrected chi connectivity index (χ0v) is 17.1. The van der Waals surface area contributed by atoms with Crippen LogP contribution in [0.2, 0.25) is 0 Å². The van der Waals surface area contributed by atoms with Crippen LogP contribution in [0.3, 0.4) is 0 Å². The number of hydrogen-bond donors (Lipinski definition) is 2. The molecule has 2 rings (SSSR count). The fourth-order valence-electron chi connectivity index (χ4n) is 3.27. The smallest absolute Gasteiger partial charge is 0.251 e. The highest BCUT2D eigenvalue weighted by Crippen LogP contribution is 2.26. The number of hydrogen-bond acceptors (Lipinski definition) is 5. The fourth-order valence-corrected chi connectivity index (χ4v) is 4.73. The molecule has 1 aliphatic rings. The van der Waals surface area contributed by atoms with Crippen molar-refractivity contribution in [3.63, 3.8) is 0 Å². The van der Waals surface area contributed by atoms with Gasteiger partial charge in [-0.1, -0.05) is 25.3 Å². The van der Waals surface area contributed by atoms with Crippen LogP contribution < -0.4 is 10.6 Å². The van der Waals surface area contributed by atoms with Crippen LogP contribution in [-0.4, -0.2) is 65.1 Å². The molecule has 1 aromatic carbocycles. The van der Waals surface area contributed by atoms with E-state index in [2.05, 4.69) is 10.6 Å². The van der Waals surface area contributed by atoms with Gasteiger partial charge in [-0.15, -0.1) is 0 Å². The average molecular weight is 398 g/mol. The molecule has 152 valence electrons. The van der Waals surface area contributed by atoms with Gasteiger partial charge in [0.05, 0.1) is 11.5 Å². The van der Waals surface area contributed by atoms with Crippen LogP contribution in [0.5, 0.6) is 0 Å². The van der Waals surface area contributed by atoms with Gasteiger partial charge in [-0.3, -0.25) is 4.79 Å². The second-order valence-electron chi connectivity index (χ2n) is 6.84. The quantitative estimate of drug-likeness (QED) is 0.586. The molecule has 0 heterocycles. The lowest BCUT2D eigenvalue weighted by molar-refractivity contribution is 0.0953. The molecule has 0 atom stereocenters. The highest BCUT2D eigenvalue weighted by molar-refractivity contribution is 7.89. The number of nitrogens with one attached hydrogen (secondary N) is 2. The molecule has 0 aliphatic heterocycles. The number of rotatable bonds is 10. The molecule has 1 aliphatic carbocycles. The molecule has 1 aromatic rings. The topological polar surface area (TPSA) is 87.7 Å². The molecular weight excluding hydrogens is 366 g/mol. The molecule has 7 nitrogen and oxygen atoms in total. The van der Waals surface area contributed by atoms with Crippen molar-refractivity contribution < 1.29 is 17.9 Å². The van der Waals surface area contributed by atoms with Crippen molar-refractivity contribution in [2.24, 2.45) is 0 Å². The summed E-state index contributed by atoms with van der Waals surface area (Å²) >= 11 is 0. The van der Waals surface area contributed by atoms with Crippen LogP contribution in [0.4, 0.5) is 0 Å². The van der Waals surface area contributed by atoms with E-state index in [1.165, 1.54) is 16.8 Å². The van der Waals surface area contributed by atoms with E-state index in [1.54, 1.807) is 32.4 Å². The second-order valence-corrected chi connectivity index (χ2v) is 8.84. The summed E-state index contributed by atoms with van der Waals surface area (Å²) in [5.74, 6) is -0.277. The van der Waals surface area contributed by atoms with Crippen molar-refractivity contribution in [2.75, 3.05) is 40.4 Å². The summed E-state index contributed by atoms with van der Waals surface area (Å²) in [6.45, 7) is 2.41. The van der Waals surface area contributed by atoms with Gasteiger partial charge in [0, 0.05) is 45.4 Å². The number of carbonyl (C=O) groups excluding carboxylic acids is 1.